The number of rotatable bonds is 3. The molecule has 1 saturated heterocycles. The van der Waals surface area contributed by atoms with Gasteiger partial charge in [-0.15, -0.1) is 0 Å². The number of aromatic nitrogens is 1. The van der Waals surface area contributed by atoms with Crippen LogP contribution in [0.4, 0.5) is 0 Å². The maximum Gasteiger partial charge on any atom is 0.254 e. The first-order valence-corrected chi connectivity index (χ1v) is 8.56. The monoisotopic (exact) mass is 353 g/mol. The van der Waals surface area contributed by atoms with Gasteiger partial charge in [0.05, 0.1) is 6.42 Å². The quantitative estimate of drug-likeness (QED) is 0.833. The van der Waals surface area contributed by atoms with Gasteiger partial charge in [0.25, 0.3) is 5.91 Å². The Labute approximate surface area is 151 Å². The summed E-state index contributed by atoms with van der Waals surface area (Å²) in [7, 11) is 0. The fourth-order valence-corrected chi connectivity index (χ4v) is 3.17. The van der Waals surface area contributed by atoms with Crippen LogP contribution in [0, 0.1) is 0 Å². The highest BCUT2D eigenvalue weighted by Gasteiger charge is 2.25. The number of pyridine rings is 1. The third kappa shape index (κ3) is 3.33. The Morgan fingerprint density at radius 3 is 2.38 bits per heavy atom. The lowest BCUT2D eigenvalue weighted by Gasteiger charge is -2.35. The highest BCUT2D eigenvalue weighted by atomic mass is 16.7. The normalized spacial score (nSPS) is 15.8. The maximum atomic E-state index is 12.6. The number of piperazine rings is 1. The van der Waals surface area contributed by atoms with E-state index in [-0.39, 0.29) is 18.6 Å². The molecule has 2 aliphatic heterocycles. The minimum Gasteiger partial charge on any atom is -0.454 e. The van der Waals surface area contributed by atoms with Crippen molar-refractivity contribution in [3.8, 4) is 11.5 Å². The zero-order chi connectivity index (χ0) is 17.9. The third-order valence-corrected chi connectivity index (χ3v) is 4.64. The van der Waals surface area contributed by atoms with E-state index in [1.54, 1.807) is 34.3 Å². The predicted molar refractivity (Wildman–Crippen MR) is 93.0 cm³/mol. The molecule has 0 N–H and O–H groups in total. The van der Waals surface area contributed by atoms with E-state index in [0.29, 0.717) is 49.7 Å². The molecule has 1 aromatic heterocycles. The van der Waals surface area contributed by atoms with Crippen LogP contribution in [-0.4, -0.2) is 59.6 Å². The van der Waals surface area contributed by atoms with E-state index < -0.39 is 0 Å². The van der Waals surface area contributed by atoms with Crippen molar-refractivity contribution < 1.29 is 19.1 Å². The van der Waals surface area contributed by atoms with Crippen LogP contribution in [0.5, 0.6) is 11.5 Å². The van der Waals surface area contributed by atoms with Gasteiger partial charge in [-0.2, -0.15) is 0 Å². The fourth-order valence-electron chi connectivity index (χ4n) is 3.17. The third-order valence-electron chi connectivity index (χ3n) is 4.64. The molecule has 0 bridgehead atoms. The Bertz CT molecular complexity index is 817. The molecule has 0 atom stereocenters. The van der Waals surface area contributed by atoms with Gasteiger partial charge in [-0.3, -0.25) is 14.6 Å². The summed E-state index contributed by atoms with van der Waals surface area (Å²) < 4.78 is 10.6. The number of carbonyl (C=O) groups is 2. The molecular formula is C19H19N3O4. The Balaban J connectivity index is 1.33. The van der Waals surface area contributed by atoms with Crippen LogP contribution < -0.4 is 9.47 Å². The van der Waals surface area contributed by atoms with Gasteiger partial charge in [0.2, 0.25) is 12.7 Å². The molecule has 7 heteroatoms. The van der Waals surface area contributed by atoms with E-state index >= 15 is 0 Å². The SMILES string of the molecule is O=C(Cc1ccc2c(c1)OCO2)N1CCN(C(=O)c2ccncc2)CC1. The largest absolute Gasteiger partial charge is 0.454 e. The number of hydrogen-bond donors (Lipinski definition) is 0. The number of carbonyl (C=O) groups excluding carboxylic acids is 2. The number of fused-ring (bicyclic) bond motifs is 1. The van der Waals surface area contributed by atoms with Crippen LogP contribution in [0.3, 0.4) is 0 Å². The van der Waals surface area contributed by atoms with E-state index in [4.69, 9.17) is 9.47 Å². The molecule has 1 fully saturated rings. The summed E-state index contributed by atoms with van der Waals surface area (Å²) in [5.74, 6) is 1.43. The van der Waals surface area contributed by atoms with Crippen LogP contribution in [0.25, 0.3) is 0 Å². The second kappa shape index (κ2) is 7.03. The van der Waals surface area contributed by atoms with Gasteiger partial charge in [0.15, 0.2) is 11.5 Å². The Morgan fingerprint density at radius 2 is 1.62 bits per heavy atom. The van der Waals surface area contributed by atoms with Crippen LogP contribution in [0.15, 0.2) is 42.7 Å². The Kier molecular flexibility index (Phi) is 4.43. The van der Waals surface area contributed by atoms with Crippen molar-refractivity contribution in [2.75, 3.05) is 33.0 Å². The molecule has 0 aliphatic carbocycles. The van der Waals surface area contributed by atoms with Crippen molar-refractivity contribution in [2.45, 2.75) is 6.42 Å². The Hall–Kier alpha value is -3.09. The topological polar surface area (TPSA) is 72.0 Å². The minimum absolute atomic E-state index is 0.0183. The molecule has 0 unspecified atom stereocenters. The molecule has 3 heterocycles. The average Bonchev–Trinajstić information content (AvgIpc) is 3.16. The van der Waals surface area contributed by atoms with Crippen LogP contribution in [0.2, 0.25) is 0 Å². The van der Waals surface area contributed by atoms with E-state index in [0.717, 1.165) is 5.56 Å². The van der Waals surface area contributed by atoms with E-state index in [2.05, 4.69) is 4.98 Å². The lowest BCUT2D eigenvalue weighted by molar-refractivity contribution is -0.131. The van der Waals surface area contributed by atoms with Crippen molar-refractivity contribution in [3.05, 3.63) is 53.9 Å². The van der Waals surface area contributed by atoms with Crippen molar-refractivity contribution in [1.82, 2.24) is 14.8 Å². The fraction of sp³-hybridized carbons (Fsp3) is 0.316. The smallest absolute Gasteiger partial charge is 0.254 e. The molecule has 26 heavy (non-hydrogen) atoms. The van der Waals surface area contributed by atoms with Gasteiger partial charge >= 0.3 is 0 Å². The second-order valence-electron chi connectivity index (χ2n) is 6.27. The molecule has 7 nitrogen and oxygen atoms in total. The second-order valence-corrected chi connectivity index (χ2v) is 6.27. The zero-order valence-electron chi connectivity index (χ0n) is 14.3. The molecule has 2 amide bonds. The molecule has 0 saturated carbocycles. The summed E-state index contributed by atoms with van der Waals surface area (Å²) in [6.45, 7) is 2.38. The van der Waals surface area contributed by atoms with E-state index in [1.807, 2.05) is 18.2 Å². The molecule has 0 radical (unpaired) electrons. The predicted octanol–water partition coefficient (Wildman–Crippen LogP) is 1.34. The molecular weight excluding hydrogens is 334 g/mol. The van der Waals surface area contributed by atoms with Crippen LogP contribution in [-0.2, 0) is 11.2 Å². The van der Waals surface area contributed by atoms with Crippen LogP contribution >= 0.6 is 0 Å². The number of ether oxygens (including phenoxy) is 2. The van der Waals surface area contributed by atoms with Crippen molar-refractivity contribution in [1.29, 1.82) is 0 Å². The highest BCUT2D eigenvalue weighted by Crippen LogP contribution is 2.32. The highest BCUT2D eigenvalue weighted by molar-refractivity contribution is 5.94. The van der Waals surface area contributed by atoms with E-state index in [1.165, 1.54) is 0 Å². The van der Waals surface area contributed by atoms with Crippen molar-refractivity contribution in [3.63, 3.8) is 0 Å². The molecule has 134 valence electrons. The number of amides is 2. The van der Waals surface area contributed by atoms with Gasteiger partial charge in [-0.1, -0.05) is 6.07 Å². The van der Waals surface area contributed by atoms with E-state index in [9.17, 15) is 9.59 Å². The first-order chi connectivity index (χ1) is 12.7. The average molecular weight is 353 g/mol. The zero-order valence-corrected chi connectivity index (χ0v) is 14.3. The van der Waals surface area contributed by atoms with Gasteiger partial charge < -0.3 is 19.3 Å². The Morgan fingerprint density at radius 1 is 0.923 bits per heavy atom. The molecule has 0 spiro atoms. The summed E-state index contributed by atoms with van der Waals surface area (Å²) in [5.41, 5.74) is 1.52. The van der Waals surface area contributed by atoms with Crippen molar-refractivity contribution >= 4 is 11.8 Å². The summed E-state index contributed by atoms with van der Waals surface area (Å²) >= 11 is 0. The number of benzene rings is 1. The first kappa shape index (κ1) is 16.4. The molecule has 2 aliphatic rings. The lowest BCUT2D eigenvalue weighted by atomic mass is 10.1. The van der Waals surface area contributed by atoms with Crippen molar-refractivity contribution in [2.24, 2.45) is 0 Å². The van der Waals surface area contributed by atoms with Gasteiger partial charge in [0, 0.05) is 44.1 Å². The van der Waals surface area contributed by atoms with Gasteiger partial charge in [-0.25, -0.2) is 0 Å². The van der Waals surface area contributed by atoms with Gasteiger partial charge in [-0.05, 0) is 29.8 Å². The molecule has 2 aromatic rings. The summed E-state index contributed by atoms with van der Waals surface area (Å²) in [6, 6.07) is 8.98. The summed E-state index contributed by atoms with van der Waals surface area (Å²) in [4.78, 5) is 32.5. The molecule has 4 rings (SSSR count). The summed E-state index contributed by atoms with van der Waals surface area (Å²) in [5, 5.41) is 0. The van der Waals surface area contributed by atoms with Crippen LogP contribution in [0.1, 0.15) is 15.9 Å². The maximum absolute atomic E-state index is 12.6. The molecule has 1 aromatic carbocycles. The first-order valence-electron chi connectivity index (χ1n) is 8.56. The number of nitrogens with zero attached hydrogens (tertiary/aromatic N) is 3. The minimum atomic E-state index is -0.0183. The lowest BCUT2D eigenvalue weighted by Crippen LogP contribution is -2.51. The summed E-state index contributed by atoms with van der Waals surface area (Å²) in [6.07, 6.45) is 3.53. The van der Waals surface area contributed by atoms with Gasteiger partial charge in [0.1, 0.15) is 0 Å². The number of hydrogen-bond acceptors (Lipinski definition) is 5. The standard InChI is InChI=1S/C19H19N3O4/c23-18(12-14-1-2-16-17(11-14)26-13-25-16)21-7-9-22(10-8-21)19(24)15-3-5-20-6-4-15/h1-6,11H,7-10,12-13H2.